The van der Waals surface area contributed by atoms with Crippen LogP contribution in [0.25, 0.3) is 11.3 Å². The van der Waals surface area contributed by atoms with Crippen LogP contribution in [0.2, 0.25) is 0 Å². The smallest absolute Gasteiger partial charge is 0.255 e. The Hall–Kier alpha value is -2.54. The van der Waals surface area contributed by atoms with E-state index < -0.39 is 0 Å². The molecule has 1 heterocycles. The lowest BCUT2D eigenvalue weighted by Gasteiger charge is -2.19. The summed E-state index contributed by atoms with van der Waals surface area (Å²) in [5.74, 6) is 0.995. The van der Waals surface area contributed by atoms with Gasteiger partial charge in [0.1, 0.15) is 0 Å². The zero-order chi connectivity index (χ0) is 17.7. The maximum atomic E-state index is 12.5. The monoisotopic (exact) mass is 333 g/mol. The molecule has 1 aromatic carbocycles. The molecule has 3 N–H and O–H groups in total. The number of carbonyl (C=O) groups excluding carboxylic acids is 1. The van der Waals surface area contributed by atoms with Gasteiger partial charge in [0, 0.05) is 5.56 Å². The fourth-order valence-electron chi connectivity index (χ4n) is 2.34. The summed E-state index contributed by atoms with van der Waals surface area (Å²) in [5, 5.41) is 19.0. The zero-order valence-corrected chi connectivity index (χ0v) is 14.3. The average Bonchev–Trinajstić information content (AvgIpc) is 3.08. The molecule has 0 bridgehead atoms. The van der Waals surface area contributed by atoms with Gasteiger partial charge in [0.25, 0.3) is 5.91 Å². The molecular weight excluding hydrogens is 310 g/mol. The molecule has 0 saturated carbocycles. The number of hydrogen-bond acceptors (Lipinski definition) is 5. The van der Waals surface area contributed by atoms with Gasteiger partial charge in [-0.25, -0.2) is 0 Å². The van der Waals surface area contributed by atoms with E-state index in [0.29, 0.717) is 22.8 Å². The number of carbonyl (C=O) groups is 1. The van der Waals surface area contributed by atoms with Gasteiger partial charge in [0.15, 0.2) is 11.5 Å². The average molecular weight is 333 g/mol. The van der Waals surface area contributed by atoms with Crippen molar-refractivity contribution in [2.45, 2.75) is 19.9 Å². The minimum absolute atomic E-state index is 0.118. The summed E-state index contributed by atoms with van der Waals surface area (Å²) in [6, 6.07) is 5.04. The fourth-order valence-corrected chi connectivity index (χ4v) is 2.34. The highest BCUT2D eigenvalue weighted by Gasteiger charge is 2.21. The van der Waals surface area contributed by atoms with Gasteiger partial charge >= 0.3 is 0 Å². The van der Waals surface area contributed by atoms with Crippen molar-refractivity contribution >= 4 is 5.91 Å². The minimum Gasteiger partial charge on any atom is -0.493 e. The highest BCUT2D eigenvalue weighted by molar-refractivity contribution is 6.00. The lowest BCUT2D eigenvalue weighted by atomic mass is 10.0. The second-order valence-corrected chi connectivity index (χ2v) is 5.73. The highest BCUT2D eigenvalue weighted by atomic mass is 16.5. The van der Waals surface area contributed by atoms with Crippen LogP contribution in [0.15, 0.2) is 24.4 Å². The molecule has 130 valence electrons. The first kappa shape index (κ1) is 17.8. The van der Waals surface area contributed by atoms with Crippen molar-refractivity contribution in [3.8, 4) is 22.8 Å². The quantitative estimate of drug-likeness (QED) is 0.718. The number of nitrogens with zero attached hydrogens (tertiary/aromatic N) is 1. The first-order valence-corrected chi connectivity index (χ1v) is 7.69. The first-order valence-electron chi connectivity index (χ1n) is 7.69. The summed E-state index contributed by atoms with van der Waals surface area (Å²) < 4.78 is 10.5. The summed E-state index contributed by atoms with van der Waals surface area (Å²) >= 11 is 0. The molecule has 1 amide bonds. The number of ether oxygens (including phenoxy) is 2. The molecule has 0 saturated heterocycles. The van der Waals surface area contributed by atoms with Crippen LogP contribution < -0.4 is 14.8 Å². The predicted octanol–water partition coefficient (Wildman–Crippen LogP) is 1.84. The molecule has 1 aromatic heterocycles. The molecule has 2 aromatic rings. The molecule has 2 rings (SSSR count). The highest BCUT2D eigenvalue weighted by Crippen LogP contribution is 2.32. The van der Waals surface area contributed by atoms with Crippen molar-refractivity contribution in [3.05, 3.63) is 30.0 Å². The Morgan fingerprint density at radius 2 is 2.00 bits per heavy atom. The number of amides is 1. The Kier molecular flexibility index (Phi) is 5.81. The van der Waals surface area contributed by atoms with Crippen molar-refractivity contribution in [1.29, 1.82) is 0 Å². The number of methoxy groups -OCH3 is 2. The van der Waals surface area contributed by atoms with Crippen molar-refractivity contribution in [3.63, 3.8) is 0 Å². The van der Waals surface area contributed by atoms with Crippen LogP contribution in [0.3, 0.4) is 0 Å². The number of hydrogen-bond donors (Lipinski definition) is 3. The molecule has 24 heavy (non-hydrogen) atoms. The number of aromatic nitrogens is 2. The molecule has 0 unspecified atom stereocenters. The van der Waals surface area contributed by atoms with E-state index >= 15 is 0 Å². The Labute approximate surface area is 141 Å². The lowest BCUT2D eigenvalue weighted by Crippen LogP contribution is -2.41. The third-order valence-corrected chi connectivity index (χ3v) is 3.87. The second-order valence-electron chi connectivity index (χ2n) is 5.73. The number of aliphatic hydroxyl groups excluding tert-OH is 1. The zero-order valence-electron chi connectivity index (χ0n) is 14.3. The van der Waals surface area contributed by atoms with Gasteiger partial charge in [-0.05, 0) is 24.1 Å². The largest absolute Gasteiger partial charge is 0.493 e. The maximum Gasteiger partial charge on any atom is 0.255 e. The van der Waals surface area contributed by atoms with Crippen LogP contribution in [0, 0.1) is 5.92 Å². The van der Waals surface area contributed by atoms with Crippen LogP contribution in [0.4, 0.5) is 0 Å². The molecule has 0 aliphatic carbocycles. The Bertz CT molecular complexity index is 697. The normalized spacial score (nSPS) is 12.1. The van der Waals surface area contributed by atoms with Gasteiger partial charge in [-0.2, -0.15) is 5.10 Å². The van der Waals surface area contributed by atoms with E-state index in [-0.39, 0.29) is 24.5 Å². The van der Waals surface area contributed by atoms with E-state index in [4.69, 9.17) is 9.47 Å². The summed E-state index contributed by atoms with van der Waals surface area (Å²) in [7, 11) is 3.12. The molecule has 1 atom stereocenters. The number of aliphatic hydroxyl groups is 1. The Balaban J connectivity index is 2.32. The van der Waals surface area contributed by atoms with Crippen molar-refractivity contribution < 1.29 is 19.4 Å². The van der Waals surface area contributed by atoms with Crippen LogP contribution in [0.5, 0.6) is 11.5 Å². The lowest BCUT2D eigenvalue weighted by molar-refractivity contribution is 0.0897. The van der Waals surface area contributed by atoms with Gasteiger partial charge in [-0.1, -0.05) is 13.8 Å². The molecule has 0 spiro atoms. The van der Waals surface area contributed by atoms with Gasteiger partial charge in [0.05, 0.1) is 44.3 Å². The molecule has 0 aliphatic rings. The number of H-pyrrole nitrogens is 1. The molecule has 7 heteroatoms. The minimum atomic E-state index is -0.314. The molecule has 0 fully saturated rings. The van der Waals surface area contributed by atoms with Gasteiger partial charge in [-0.15, -0.1) is 0 Å². The van der Waals surface area contributed by atoms with Gasteiger partial charge in [0.2, 0.25) is 0 Å². The van der Waals surface area contributed by atoms with Crippen molar-refractivity contribution in [2.75, 3.05) is 20.8 Å². The number of nitrogens with one attached hydrogen (secondary N) is 2. The van der Waals surface area contributed by atoms with Crippen LogP contribution in [-0.2, 0) is 0 Å². The predicted molar refractivity (Wildman–Crippen MR) is 90.3 cm³/mol. The molecule has 0 radical (unpaired) electrons. The number of rotatable bonds is 7. The third kappa shape index (κ3) is 3.68. The number of benzene rings is 1. The van der Waals surface area contributed by atoms with Crippen LogP contribution >= 0.6 is 0 Å². The fraction of sp³-hybridized carbons (Fsp3) is 0.412. The summed E-state index contributed by atoms with van der Waals surface area (Å²) in [4.78, 5) is 12.5. The summed E-state index contributed by atoms with van der Waals surface area (Å²) in [6.45, 7) is 3.75. The number of aromatic amines is 1. The Morgan fingerprint density at radius 3 is 2.58 bits per heavy atom. The van der Waals surface area contributed by atoms with E-state index in [1.54, 1.807) is 26.4 Å². The molecular formula is C17H23N3O4. The second kappa shape index (κ2) is 7.83. The van der Waals surface area contributed by atoms with Crippen LogP contribution in [-0.4, -0.2) is 48.1 Å². The summed E-state index contributed by atoms with van der Waals surface area (Å²) in [5.41, 5.74) is 1.73. The van der Waals surface area contributed by atoms with E-state index in [9.17, 15) is 9.90 Å². The third-order valence-electron chi connectivity index (χ3n) is 3.87. The van der Waals surface area contributed by atoms with Crippen molar-refractivity contribution in [2.24, 2.45) is 5.92 Å². The topological polar surface area (TPSA) is 96.5 Å². The van der Waals surface area contributed by atoms with Crippen molar-refractivity contribution in [1.82, 2.24) is 15.5 Å². The Morgan fingerprint density at radius 1 is 1.29 bits per heavy atom. The summed E-state index contributed by atoms with van der Waals surface area (Å²) in [6.07, 6.45) is 1.47. The molecule has 0 aliphatic heterocycles. The standard InChI is InChI=1S/C17H23N3O4/c1-10(2)13(9-21)19-17(22)12-8-18-20-16(12)11-5-6-14(23-3)15(7-11)24-4/h5-8,10,13,21H,9H2,1-4H3,(H,18,20)(H,19,22)/t13-/m0/s1. The van der Waals surface area contributed by atoms with E-state index in [2.05, 4.69) is 15.5 Å². The van der Waals surface area contributed by atoms with Gasteiger partial charge < -0.3 is 19.9 Å². The first-order chi connectivity index (χ1) is 11.5. The van der Waals surface area contributed by atoms with E-state index in [1.807, 2.05) is 19.9 Å². The SMILES string of the molecule is COc1ccc(-c2[nH]ncc2C(=O)N[C@@H](CO)C(C)C)cc1OC. The van der Waals surface area contributed by atoms with Crippen LogP contribution in [0.1, 0.15) is 24.2 Å². The van der Waals surface area contributed by atoms with E-state index in [1.165, 1.54) is 6.20 Å². The van der Waals surface area contributed by atoms with Gasteiger partial charge in [-0.3, -0.25) is 9.89 Å². The van der Waals surface area contributed by atoms with E-state index in [0.717, 1.165) is 5.56 Å². The maximum absolute atomic E-state index is 12.5. The molecule has 7 nitrogen and oxygen atoms in total.